The predicted molar refractivity (Wildman–Crippen MR) is 127 cm³/mol. The first-order valence-electron chi connectivity index (χ1n) is 10.7. The molecule has 0 saturated heterocycles. The van der Waals surface area contributed by atoms with E-state index in [4.69, 9.17) is 0 Å². The first-order valence-corrected chi connectivity index (χ1v) is 11.7. The van der Waals surface area contributed by atoms with Crippen LogP contribution in [0.1, 0.15) is 51.0 Å². The van der Waals surface area contributed by atoms with Crippen LogP contribution in [-0.4, -0.2) is 11.1 Å². The summed E-state index contributed by atoms with van der Waals surface area (Å²) in [6.07, 6.45) is 5.52. The van der Waals surface area contributed by atoms with Crippen molar-refractivity contribution in [3.8, 4) is 0 Å². The van der Waals surface area contributed by atoms with Crippen molar-refractivity contribution in [1.82, 2.24) is 0 Å². The number of nitrogens with one attached hydrogen (secondary N) is 1. The van der Waals surface area contributed by atoms with Crippen LogP contribution in [-0.2, 0) is 5.75 Å². The van der Waals surface area contributed by atoms with Crippen LogP contribution in [0, 0.1) is 12.8 Å². The van der Waals surface area contributed by atoms with Gasteiger partial charge in [-0.3, -0.25) is 0 Å². The predicted octanol–water partition coefficient (Wildman–Crippen LogP) is 6.81. The lowest BCUT2D eigenvalue weighted by Crippen LogP contribution is -2.31. The fraction of sp³-hybridized carbons (Fsp3) is 0.222. The molecule has 0 bridgehead atoms. The van der Waals surface area contributed by atoms with Crippen molar-refractivity contribution in [1.29, 1.82) is 0 Å². The fourth-order valence-electron chi connectivity index (χ4n) is 5.00. The SMILES string of the molecule is Cc1cc(CSc2ccccc2)cc2c1N[C@H](c1ccccc1C(=O)O)[C@H]1CC=C[C@H]21. The molecule has 3 nitrogen and oxygen atoms in total. The van der Waals surface area contributed by atoms with Gasteiger partial charge in [0.15, 0.2) is 0 Å². The van der Waals surface area contributed by atoms with Crippen LogP contribution >= 0.6 is 11.8 Å². The minimum Gasteiger partial charge on any atom is -0.478 e. The lowest BCUT2D eigenvalue weighted by atomic mass is 9.75. The van der Waals surface area contributed by atoms with Crippen LogP contribution in [0.15, 0.2) is 83.8 Å². The fourth-order valence-corrected chi connectivity index (χ4v) is 5.85. The van der Waals surface area contributed by atoms with Crippen molar-refractivity contribution in [2.75, 3.05) is 5.32 Å². The standard InChI is InChI=1S/C27H25NO2S/c1-17-14-18(16-31-19-8-3-2-4-9-19)15-24-20-12-7-13-21(20)26(28-25(17)24)22-10-5-6-11-23(22)27(29)30/h2-12,14-15,20-21,26,28H,13,16H2,1H3,(H,29,30)/t20-,21-,26-/m0/s1. The van der Waals surface area contributed by atoms with E-state index in [0.717, 1.165) is 23.4 Å². The number of aryl methyl sites for hydroxylation is 1. The molecule has 0 saturated carbocycles. The van der Waals surface area contributed by atoms with Gasteiger partial charge in [0.05, 0.1) is 11.6 Å². The molecule has 0 radical (unpaired) electrons. The lowest BCUT2D eigenvalue weighted by Gasteiger charge is -2.39. The molecule has 1 heterocycles. The molecular weight excluding hydrogens is 402 g/mol. The molecule has 0 fully saturated rings. The number of hydrogen-bond acceptors (Lipinski definition) is 3. The van der Waals surface area contributed by atoms with Gasteiger partial charge < -0.3 is 10.4 Å². The molecule has 31 heavy (non-hydrogen) atoms. The molecule has 0 unspecified atom stereocenters. The molecule has 1 aliphatic heterocycles. The van der Waals surface area contributed by atoms with E-state index in [1.54, 1.807) is 12.1 Å². The van der Waals surface area contributed by atoms with Gasteiger partial charge in [-0.2, -0.15) is 0 Å². The van der Waals surface area contributed by atoms with Crippen LogP contribution in [0.2, 0.25) is 0 Å². The topological polar surface area (TPSA) is 49.3 Å². The molecule has 5 rings (SSSR count). The number of hydrogen-bond donors (Lipinski definition) is 2. The number of rotatable bonds is 5. The first-order chi connectivity index (χ1) is 15.1. The Hall–Kier alpha value is -2.98. The van der Waals surface area contributed by atoms with Gasteiger partial charge in [-0.25, -0.2) is 4.79 Å². The number of carboxylic acid groups (broad SMARTS) is 1. The Morgan fingerprint density at radius 3 is 2.65 bits per heavy atom. The zero-order chi connectivity index (χ0) is 21.4. The van der Waals surface area contributed by atoms with Crippen molar-refractivity contribution in [3.05, 3.63) is 107 Å². The highest BCUT2D eigenvalue weighted by Gasteiger charge is 2.39. The third-order valence-corrected chi connectivity index (χ3v) is 7.48. The van der Waals surface area contributed by atoms with Gasteiger partial charge in [0, 0.05) is 22.3 Å². The van der Waals surface area contributed by atoms with Gasteiger partial charge >= 0.3 is 5.97 Å². The average molecular weight is 428 g/mol. The molecule has 156 valence electrons. The molecule has 4 heteroatoms. The molecule has 3 aromatic carbocycles. The molecule has 1 aliphatic carbocycles. The molecule has 2 N–H and O–H groups in total. The number of aromatic carboxylic acids is 1. The van der Waals surface area contributed by atoms with E-state index in [2.05, 4.69) is 60.8 Å². The summed E-state index contributed by atoms with van der Waals surface area (Å²) in [5, 5.41) is 13.5. The number of thioether (sulfide) groups is 1. The maximum absolute atomic E-state index is 11.9. The maximum Gasteiger partial charge on any atom is 0.336 e. The number of carboxylic acids is 1. The van der Waals surface area contributed by atoms with Gasteiger partial charge in [-0.1, -0.05) is 60.7 Å². The van der Waals surface area contributed by atoms with Crippen molar-refractivity contribution >= 4 is 23.4 Å². The maximum atomic E-state index is 11.9. The molecule has 3 atom stereocenters. The number of allylic oxidation sites excluding steroid dienone is 2. The quantitative estimate of drug-likeness (QED) is 0.347. The summed E-state index contributed by atoms with van der Waals surface area (Å²) < 4.78 is 0. The summed E-state index contributed by atoms with van der Waals surface area (Å²) in [6.45, 7) is 2.15. The highest BCUT2D eigenvalue weighted by Crippen LogP contribution is 2.51. The minimum absolute atomic E-state index is 0.0111. The highest BCUT2D eigenvalue weighted by molar-refractivity contribution is 7.98. The summed E-state index contributed by atoms with van der Waals surface area (Å²) in [5.41, 5.74) is 6.32. The Morgan fingerprint density at radius 2 is 1.84 bits per heavy atom. The van der Waals surface area contributed by atoms with E-state index in [1.807, 2.05) is 30.0 Å². The lowest BCUT2D eigenvalue weighted by molar-refractivity contribution is 0.0694. The second-order valence-electron chi connectivity index (χ2n) is 8.35. The van der Waals surface area contributed by atoms with Gasteiger partial charge in [-0.15, -0.1) is 11.8 Å². The van der Waals surface area contributed by atoms with Crippen molar-refractivity contribution in [2.24, 2.45) is 5.92 Å². The summed E-state index contributed by atoms with van der Waals surface area (Å²) >= 11 is 1.86. The monoisotopic (exact) mass is 427 g/mol. The Kier molecular flexibility index (Phi) is 5.33. The minimum atomic E-state index is -0.865. The van der Waals surface area contributed by atoms with Gasteiger partial charge in [-0.05, 0) is 59.7 Å². The zero-order valence-electron chi connectivity index (χ0n) is 17.4. The number of fused-ring (bicyclic) bond motifs is 3. The second-order valence-corrected chi connectivity index (χ2v) is 9.40. The molecule has 3 aromatic rings. The van der Waals surface area contributed by atoms with Gasteiger partial charge in [0.1, 0.15) is 0 Å². The Labute approximate surface area is 187 Å². The van der Waals surface area contributed by atoms with E-state index < -0.39 is 5.97 Å². The molecule has 0 spiro atoms. The summed E-state index contributed by atoms with van der Waals surface area (Å²) in [6, 6.07) is 22.5. The van der Waals surface area contributed by atoms with Crippen LogP contribution in [0.3, 0.4) is 0 Å². The van der Waals surface area contributed by atoms with Crippen LogP contribution in [0.4, 0.5) is 5.69 Å². The Bertz CT molecular complexity index is 1160. The molecule has 2 aliphatic rings. The van der Waals surface area contributed by atoms with E-state index in [0.29, 0.717) is 17.4 Å². The highest BCUT2D eigenvalue weighted by atomic mass is 32.2. The van der Waals surface area contributed by atoms with Crippen molar-refractivity contribution in [2.45, 2.75) is 36.0 Å². The third kappa shape index (κ3) is 3.77. The first kappa shape index (κ1) is 20.0. The Morgan fingerprint density at radius 1 is 1.06 bits per heavy atom. The van der Waals surface area contributed by atoms with Crippen LogP contribution in [0.25, 0.3) is 0 Å². The summed E-state index contributed by atoms with van der Waals surface area (Å²) in [5.74, 6) is 0.702. The number of anilines is 1. The zero-order valence-corrected chi connectivity index (χ0v) is 18.2. The summed E-state index contributed by atoms with van der Waals surface area (Å²) in [7, 11) is 0. The Balaban J connectivity index is 1.49. The van der Waals surface area contributed by atoms with Crippen LogP contribution in [0.5, 0.6) is 0 Å². The van der Waals surface area contributed by atoms with Gasteiger partial charge in [0.2, 0.25) is 0 Å². The molecule has 0 aromatic heterocycles. The largest absolute Gasteiger partial charge is 0.478 e. The summed E-state index contributed by atoms with van der Waals surface area (Å²) in [4.78, 5) is 13.1. The molecular formula is C27H25NO2S. The number of carbonyl (C=O) groups is 1. The number of benzene rings is 3. The van der Waals surface area contributed by atoms with E-state index in [9.17, 15) is 9.90 Å². The molecule has 0 amide bonds. The van der Waals surface area contributed by atoms with E-state index in [1.165, 1.54) is 21.6 Å². The smallest absolute Gasteiger partial charge is 0.336 e. The second kappa shape index (κ2) is 8.27. The van der Waals surface area contributed by atoms with Crippen molar-refractivity contribution < 1.29 is 9.90 Å². The van der Waals surface area contributed by atoms with E-state index >= 15 is 0 Å². The van der Waals surface area contributed by atoms with Crippen LogP contribution < -0.4 is 5.32 Å². The third-order valence-electron chi connectivity index (χ3n) is 6.40. The van der Waals surface area contributed by atoms with Gasteiger partial charge in [0.25, 0.3) is 0 Å². The van der Waals surface area contributed by atoms with E-state index in [-0.39, 0.29) is 6.04 Å². The average Bonchev–Trinajstić information content (AvgIpc) is 3.28. The van der Waals surface area contributed by atoms with Crippen molar-refractivity contribution in [3.63, 3.8) is 0 Å². The normalized spacial score (nSPS) is 21.3.